The predicted molar refractivity (Wildman–Crippen MR) is 92.7 cm³/mol. The minimum absolute atomic E-state index is 0.199. The van der Waals surface area contributed by atoms with Crippen LogP contribution < -0.4 is 14.5 Å². The van der Waals surface area contributed by atoms with E-state index in [0.717, 1.165) is 5.56 Å². The molecule has 1 aromatic heterocycles. The van der Waals surface area contributed by atoms with Crippen molar-refractivity contribution in [2.45, 2.75) is 11.8 Å². The lowest BCUT2D eigenvalue weighted by atomic mass is 10.2. The van der Waals surface area contributed by atoms with E-state index in [4.69, 9.17) is 0 Å². The fourth-order valence-corrected chi connectivity index (χ4v) is 2.96. The van der Waals surface area contributed by atoms with Crippen molar-refractivity contribution in [3.05, 3.63) is 36.0 Å². The van der Waals surface area contributed by atoms with Crippen molar-refractivity contribution in [2.24, 2.45) is 0 Å². The first kappa shape index (κ1) is 17.0. The molecule has 0 aliphatic rings. The minimum atomic E-state index is -3.69. The van der Waals surface area contributed by atoms with Gasteiger partial charge in [-0.05, 0) is 19.1 Å². The van der Waals surface area contributed by atoms with Crippen LogP contribution >= 0.6 is 0 Å². The summed E-state index contributed by atoms with van der Waals surface area (Å²) in [5.41, 5.74) is 1.33. The Labute approximate surface area is 137 Å². The largest absolute Gasteiger partial charge is 0.361 e. The standard InChI is InChI=1S/C15H21N5O2S/c1-11-6-8-12(9-7-11)23(21,22)18-13-10-16-15(20(4)5)17-14(13)19(2)3/h6-10,18H,1-5H3. The van der Waals surface area contributed by atoms with Crippen LogP contribution in [-0.4, -0.2) is 46.6 Å². The molecular weight excluding hydrogens is 314 g/mol. The second-order valence-corrected chi connectivity index (χ2v) is 7.30. The molecule has 0 fully saturated rings. The van der Waals surface area contributed by atoms with Gasteiger partial charge in [0.2, 0.25) is 5.95 Å². The van der Waals surface area contributed by atoms with Crippen molar-refractivity contribution in [1.82, 2.24) is 9.97 Å². The van der Waals surface area contributed by atoms with Gasteiger partial charge in [0.25, 0.3) is 10.0 Å². The Morgan fingerprint density at radius 1 is 1.00 bits per heavy atom. The molecule has 0 saturated carbocycles. The number of aryl methyl sites for hydroxylation is 1. The summed E-state index contributed by atoms with van der Waals surface area (Å²) in [6, 6.07) is 6.66. The maximum atomic E-state index is 12.5. The molecule has 0 atom stereocenters. The van der Waals surface area contributed by atoms with Crippen LogP contribution in [0.5, 0.6) is 0 Å². The lowest BCUT2D eigenvalue weighted by Gasteiger charge is -2.19. The van der Waals surface area contributed by atoms with Crippen LogP contribution in [0.4, 0.5) is 17.5 Å². The quantitative estimate of drug-likeness (QED) is 0.896. The third kappa shape index (κ3) is 3.89. The van der Waals surface area contributed by atoms with Gasteiger partial charge in [0.05, 0.1) is 11.1 Å². The van der Waals surface area contributed by atoms with E-state index in [1.54, 1.807) is 48.2 Å². The van der Waals surface area contributed by atoms with Crippen LogP contribution in [0, 0.1) is 6.92 Å². The number of hydrogen-bond acceptors (Lipinski definition) is 6. The number of hydrogen-bond donors (Lipinski definition) is 1. The van der Waals surface area contributed by atoms with Crippen molar-refractivity contribution < 1.29 is 8.42 Å². The molecule has 0 spiro atoms. The lowest BCUT2D eigenvalue weighted by Crippen LogP contribution is -2.21. The van der Waals surface area contributed by atoms with Gasteiger partial charge in [-0.1, -0.05) is 17.7 Å². The van der Waals surface area contributed by atoms with Gasteiger partial charge >= 0.3 is 0 Å². The van der Waals surface area contributed by atoms with Crippen molar-refractivity contribution in [3.8, 4) is 0 Å². The Morgan fingerprint density at radius 2 is 1.61 bits per heavy atom. The number of nitrogens with one attached hydrogen (secondary N) is 1. The highest BCUT2D eigenvalue weighted by Crippen LogP contribution is 2.25. The summed E-state index contributed by atoms with van der Waals surface area (Å²) in [5.74, 6) is 1.01. The van der Waals surface area contributed by atoms with Crippen molar-refractivity contribution in [2.75, 3.05) is 42.7 Å². The molecule has 1 heterocycles. The summed E-state index contributed by atoms with van der Waals surface area (Å²) in [7, 11) is 3.55. The molecule has 1 aromatic carbocycles. The number of aromatic nitrogens is 2. The summed E-state index contributed by atoms with van der Waals surface area (Å²) in [6.45, 7) is 1.90. The van der Waals surface area contributed by atoms with Gasteiger partial charge in [-0.15, -0.1) is 0 Å². The minimum Gasteiger partial charge on any atom is -0.361 e. The number of nitrogens with zero attached hydrogens (tertiary/aromatic N) is 4. The normalized spacial score (nSPS) is 11.2. The lowest BCUT2D eigenvalue weighted by molar-refractivity contribution is 0.601. The molecule has 7 nitrogen and oxygen atoms in total. The first-order chi connectivity index (χ1) is 10.7. The molecule has 0 aliphatic carbocycles. The zero-order valence-corrected chi connectivity index (χ0v) is 14.7. The Kier molecular flexibility index (Phi) is 4.74. The fourth-order valence-electron chi connectivity index (χ4n) is 1.91. The Bertz CT molecular complexity index is 786. The number of rotatable bonds is 5. The molecule has 1 N–H and O–H groups in total. The molecule has 0 amide bonds. The van der Waals surface area contributed by atoms with Gasteiger partial charge in [-0.2, -0.15) is 4.98 Å². The summed E-state index contributed by atoms with van der Waals surface area (Å²) in [5, 5.41) is 0. The highest BCUT2D eigenvalue weighted by molar-refractivity contribution is 7.92. The predicted octanol–water partition coefficient (Wildman–Crippen LogP) is 1.72. The monoisotopic (exact) mass is 335 g/mol. The van der Waals surface area contributed by atoms with Crippen LogP contribution in [0.15, 0.2) is 35.4 Å². The van der Waals surface area contributed by atoms with Crippen LogP contribution in [0.25, 0.3) is 0 Å². The van der Waals surface area contributed by atoms with E-state index in [2.05, 4.69) is 14.7 Å². The van der Waals surface area contributed by atoms with E-state index in [1.807, 2.05) is 21.0 Å². The highest BCUT2D eigenvalue weighted by Gasteiger charge is 2.18. The second-order valence-electron chi connectivity index (χ2n) is 5.61. The number of benzene rings is 1. The smallest absolute Gasteiger partial charge is 0.262 e. The SMILES string of the molecule is Cc1ccc(S(=O)(=O)Nc2cnc(N(C)C)nc2N(C)C)cc1. The van der Waals surface area contributed by atoms with Crippen molar-refractivity contribution >= 4 is 27.5 Å². The van der Waals surface area contributed by atoms with E-state index >= 15 is 0 Å². The molecule has 0 unspecified atom stereocenters. The van der Waals surface area contributed by atoms with Crippen molar-refractivity contribution in [1.29, 1.82) is 0 Å². The van der Waals surface area contributed by atoms with E-state index < -0.39 is 10.0 Å². The Hall–Kier alpha value is -2.35. The summed E-state index contributed by atoms with van der Waals surface area (Å²) in [4.78, 5) is 12.2. The van der Waals surface area contributed by atoms with Crippen LogP contribution in [0.2, 0.25) is 0 Å². The molecule has 8 heteroatoms. The average Bonchev–Trinajstić information content (AvgIpc) is 2.47. The van der Waals surface area contributed by atoms with E-state index in [0.29, 0.717) is 17.5 Å². The molecule has 0 bridgehead atoms. The average molecular weight is 335 g/mol. The number of anilines is 3. The molecular formula is C15H21N5O2S. The summed E-state index contributed by atoms with van der Waals surface area (Å²) in [6.07, 6.45) is 1.48. The maximum Gasteiger partial charge on any atom is 0.262 e. The molecule has 124 valence electrons. The third-order valence-electron chi connectivity index (χ3n) is 3.16. The van der Waals surface area contributed by atoms with Gasteiger partial charge in [-0.25, -0.2) is 13.4 Å². The topological polar surface area (TPSA) is 78.4 Å². The first-order valence-corrected chi connectivity index (χ1v) is 8.50. The molecule has 0 aliphatic heterocycles. The highest BCUT2D eigenvalue weighted by atomic mass is 32.2. The van der Waals surface area contributed by atoms with Gasteiger partial charge in [-0.3, -0.25) is 4.72 Å². The maximum absolute atomic E-state index is 12.5. The van der Waals surface area contributed by atoms with Crippen LogP contribution in [0.3, 0.4) is 0 Å². The Balaban J connectivity index is 2.40. The third-order valence-corrected chi connectivity index (χ3v) is 4.54. The first-order valence-electron chi connectivity index (χ1n) is 7.02. The zero-order valence-electron chi connectivity index (χ0n) is 13.9. The molecule has 23 heavy (non-hydrogen) atoms. The van der Waals surface area contributed by atoms with Gasteiger partial charge < -0.3 is 9.80 Å². The molecule has 2 rings (SSSR count). The van der Waals surface area contributed by atoms with Crippen LogP contribution in [0.1, 0.15) is 5.56 Å². The van der Waals surface area contributed by atoms with Crippen LogP contribution in [-0.2, 0) is 10.0 Å². The summed E-state index contributed by atoms with van der Waals surface area (Å²) >= 11 is 0. The molecule has 0 radical (unpaired) electrons. The van der Waals surface area contributed by atoms with Gasteiger partial charge in [0, 0.05) is 28.2 Å². The number of sulfonamides is 1. The second kappa shape index (κ2) is 6.41. The van der Waals surface area contributed by atoms with Gasteiger partial charge in [0.1, 0.15) is 5.69 Å². The fraction of sp³-hybridized carbons (Fsp3) is 0.333. The van der Waals surface area contributed by atoms with E-state index in [-0.39, 0.29) is 4.90 Å². The Morgan fingerprint density at radius 3 is 2.13 bits per heavy atom. The van der Waals surface area contributed by atoms with E-state index in [9.17, 15) is 8.42 Å². The van der Waals surface area contributed by atoms with E-state index in [1.165, 1.54) is 6.20 Å². The molecule has 0 saturated heterocycles. The van der Waals surface area contributed by atoms with Crippen molar-refractivity contribution in [3.63, 3.8) is 0 Å². The molecule has 2 aromatic rings. The van der Waals surface area contributed by atoms with Gasteiger partial charge in [0.15, 0.2) is 5.82 Å². The summed E-state index contributed by atoms with van der Waals surface area (Å²) < 4.78 is 27.6. The zero-order chi connectivity index (χ0) is 17.2.